The minimum absolute atomic E-state index is 0.131. The normalized spacial score (nSPS) is 16.6. The lowest BCUT2D eigenvalue weighted by Gasteiger charge is -2.22. The van der Waals surface area contributed by atoms with E-state index in [0.29, 0.717) is 17.7 Å². The summed E-state index contributed by atoms with van der Waals surface area (Å²) < 4.78 is 5.63. The molecule has 106 valence electrons. The lowest BCUT2D eigenvalue weighted by molar-refractivity contribution is 0.232. The lowest BCUT2D eigenvalue weighted by atomic mass is 9.98. The summed E-state index contributed by atoms with van der Waals surface area (Å²) in [6.07, 6.45) is 2.56. The van der Waals surface area contributed by atoms with Crippen molar-refractivity contribution in [3.63, 3.8) is 0 Å². The third-order valence-corrected chi connectivity index (χ3v) is 3.19. The Morgan fingerprint density at radius 1 is 1.37 bits per heavy atom. The summed E-state index contributed by atoms with van der Waals surface area (Å²) in [5, 5.41) is 6.71. The number of aromatic nitrogens is 2. The summed E-state index contributed by atoms with van der Waals surface area (Å²) in [5.41, 5.74) is 0.929. The number of piperidine rings is 1. The van der Waals surface area contributed by atoms with Crippen LogP contribution in [-0.4, -0.2) is 35.7 Å². The second-order valence-corrected chi connectivity index (χ2v) is 5.41. The fourth-order valence-electron chi connectivity index (χ4n) is 2.24. The maximum atomic E-state index is 5.63. The first-order valence-electron chi connectivity index (χ1n) is 7.10. The summed E-state index contributed by atoms with van der Waals surface area (Å²) >= 11 is 0. The summed E-state index contributed by atoms with van der Waals surface area (Å²) in [6.45, 7) is 9.13. The number of anilines is 1. The molecule has 0 radical (unpaired) electrons. The highest BCUT2D eigenvalue weighted by Crippen LogP contribution is 2.16. The maximum absolute atomic E-state index is 5.63. The van der Waals surface area contributed by atoms with E-state index >= 15 is 0 Å². The van der Waals surface area contributed by atoms with E-state index in [1.54, 1.807) is 0 Å². The molecule has 1 aromatic rings. The summed E-state index contributed by atoms with van der Waals surface area (Å²) in [6, 6.07) is 1.87. The van der Waals surface area contributed by atoms with Crippen LogP contribution in [0.4, 0.5) is 5.95 Å². The predicted molar refractivity (Wildman–Crippen MR) is 76.6 cm³/mol. The molecule has 5 nitrogen and oxygen atoms in total. The highest BCUT2D eigenvalue weighted by atomic mass is 16.5. The van der Waals surface area contributed by atoms with Gasteiger partial charge < -0.3 is 15.4 Å². The molecule has 2 heterocycles. The average Bonchev–Trinajstić information content (AvgIpc) is 2.36. The van der Waals surface area contributed by atoms with Crippen LogP contribution in [0.25, 0.3) is 0 Å². The number of ether oxygens (including phenoxy) is 1. The summed E-state index contributed by atoms with van der Waals surface area (Å²) in [4.78, 5) is 8.81. The number of rotatable bonds is 5. The van der Waals surface area contributed by atoms with Crippen LogP contribution in [0.3, 0.4) is 0 Å². The molecule has 19 heavy (non-hydrogen) atoms. The highest BCUT2D eigenvalue weighted by molar-refractivity contribution is 5.30. The van der Waals surface area contributed by atoms with Gasteiger partial charge in [-0.2, -0.15) is 4.98 Å². The Balaban J connectivity index is 1.93. The Morgan fingerprint density at radius 3 is 2.79 bits per heavy atom. The van der Waals surface area contributed by atoms with E-state index in [0.717, 1.165) is 25.3 Å². The van der Waals surface area contributed by atoms with E-state index in [1.807, 2.05) is 26.8 Å². The van der Waals surface area contributed by atoms with E-state index in [-0.39, 0.29) is 6.10 Å². The van der Waals surface area contributed by atoms with Crippen molar-refractivity contribution >= 4 is 5.95 Å². The molecule has 0 aliphatic carbocycles. The van der Waals surface area contributed by atoms with Gasteiger partial charge >= 0.3 is 0 Å². The van der Waals surface area contributed by atoms with Crippen molar-refractivity contribution in [3.8, 4) is 5.88 Å². The van der Waals surface area contributed by atoms with E-state index in [9.17, 15) is 0 Å². The molecule has 0 unspecified atom stereocenters. The van der Waals surface area contributed by atoms with Gasteiger partial charge in [0.25, 0.3) is 0 Å². The molecule has 0 bridgehead atoms. The zero-order valence-electron chi connectivity index (χ0n) is 12.1. The van der Waals surface area contributed by atoms with E-state index in [1.165, 1.54) is 12.8 Å². The highest BCUT2D eigenvalue weighted by Gasteiger charge is 2.13. The van der Waals surface area contributed by atoms with Crippen molar-refractivity contribution in [2.45, 2.75) is 39.7 Å². The molecule has 2 rings (SSSR count). The standard InChI is InChI=1S/C14H24N4O/c1-10(2)19-13-8-11(3)17-14(18-13)16-9-12-4-6-15-7-5-12/h8,10,12,15H,4-7,9H2,1-3H3,(H,16,17,18). The van der Waals surface area contributed by atoms with Crippen molar-refractivity contribution in [1.29, 1.82) is 0 Å². The fraction of sp³-hybridized carbons (Fsp3) is 0.714. The van der Waals surface area contributed by atoms with Crippen LogP contribution >= 0.6 is 0 Å². The molecular formula is C14H24N4O. The second-order valence-electron chi connectivity index (χ2n) is 5.41. The van der Waals surface area contributed by atoms with Gasteiger partial charge in [0.05, 0.1) is 6.10 Å². The molecule has 0 spiro atoms. The van der Waals surface area contributed by atoms with Gasteiger partial charge in [-0.05, 0) is 52.6 Å². The largest absolute Gasteiger partial charge is 0.475 e. The molecular weight excluding hydrogens is 240 g/mol. The molecule has 1 fully saturated rings. The van der Waals surface area contributed by atoms with Crippen LogP contribution in [0.2, 0.25) is 0 Å². The Bertz CT molecular complexity index is 402. The van der Waals surface area contributed by atoms with Crippen molar-refractivity contribution in [2.75, 3.05) is 25.0 Å². The SMILES string of the molecule is Cc1cc(OC(C)C)nc(NCC2CCNCC2)n1. The molecule has 0 aromatic carbocycles. The van der Waals surface area contributed by atoms with E-state index in [4.69, 9.17) is 4.74 Å². The molecule has 0 saturated carbocycles. The van der Waals surface area contributed by atoms with Crippen molar-refractivity contribution in [2.24, 2.45) is 5.92 Å². The molecule has 0 atom stereocenters. The number of hydrogen-bond donors (Lipinski definition) is 2. The first-order valence-corrected chi connectivity index (χ1v) is 7.10. The van der Waals surface area contributed by atoms with Gasteiger partial charge in [-0.15, -0.1) is 0 Å². The second kappa shape index (κ2) is 6.70. The van der Waals surface area contributed by atoms with Crippen LogP contribution in [-0.2, 0) is 0 Å². The zero-order valence-corrected chi connectivity index (χ0v) is 12.1. The van der Waals surface area contributed by atoms with E-state index < -0.39 is 0 Å². The number of nitrogens with one attached hydrogen (secondary N) is 2. The average molecular weight is 264 g/mol. The van der Waals surface area contributed by atoms with Crippen molar-refractivity contribution in [3.05, 3.63) is 11.8 Å². The Labute approximate surface area is 115 Å². The maximum Gasteiger partial charge on any atom is 0.226 e. The summed E-state index contributed by atoms with van der Waals surface area (Å²) in [5.74, 6) is 2.03. The minimum Gasteiger partial charge on any atom is -0.475 e. The quantitative estimate of drug-likeness (QED) is 0.851. The van der Waals surface area contributed by atoms with Crippen molar-refractivity contribution in [1.82, 2.24) is 15.3 Å². The Hall–Kier alpha value is -1.36. The van der Waals surface area contributed by atoms with Crippen LogP contribution in [0, 0.1) is 12.8 Å². The zero-order chi connectivity index (χ0) is 13.7. The van der Waals surface area contributed by atoms with Gasteiger partial charge in [0, 0.05) is 18.3 Å². The monoisotopic (exact) mass is 264 g/mol. The van der Waals surface area contributed by atoms with E-state index in [2.05, 4.69) is 20.6 Å². The van der Waals surface area contributed by atoms with Gasteiger partial charge in [-0.3, -0.25) is 0 Å². The Kier molecular flexibility index (Phi) is 4.96. The third-order valence-electron chi connectivity index (χ3n) is 3.19. The first kappa shape index (κ1) is 14.1. The van der Waals surface area contributed by atoms with Gasteiger partial charge in [-0.1, -0.05) is 0 Å². The minimum atomic E-state index is 0.131. The third kappa shape index (κ3) is 4.67. The van der Waals surface area contributed by atoms with Crippen LogP contribution in [0.1, 0.15) is 32.4 Å². The fourth-order valence-corrected chi connectivity index (χ4v) is 2.24. The van der Waals surface area contributed by atoms with Crippen LogP contribution in [0.15, 0.2) is 6.07 Å². The molecule has 2 N–H and O–H groups in total. The predicted octanol–water partition coefficient (Wildman–Crippen LogP) is 1.98. The smallest absolute Gasteiger partial charge is 0.226 e. The molecule has 5 heteroatoms. The number of aryl methyl sites for hydroxylation is 1. The molecule has 1 saturated heterocycles. The van der Waals surface area contributed by atoms with Crippen LogP contribution in [0.5, 0.6) is 5.88 Å². The Morgan fingerprint density at radius 2 is 2.11 bits per heavy atom. The number of hydrogen-bond acceptors (Lipinski definition) is 5. The molecule has 0 amide bonds. The van der Waals surface area contributed by atoms with Gasteiger partial charge in [0.2, 0.25) is 11.8 Å². The first-order chi connectivity index (χ1) is 9.13. The van der Waals surface area contributed by atoms with Gasteiger partial charge in [-0.25, -0.2) is 4.98 Å². The van der Waals surface area contributed by atoms with Crippen molar-refractivity contribution < 1.29 is 4.74 Å². The van der Waals surface area contributed by atoms with Gasteiger partial charge in [0.15, 0.2) is 0 Å². The molecule has 1 aromatic heterocycles. The van der Waals surface area contributed by atoms with Crippen LogP contribution < -0.4 is 15.4 Å². The molecule has 1 aliphatic rings. The van der Waals surface area contributed by atoms with Gasteiger partial charge in [0.1, 0.15) is 0 Å². The number of nitrogens with zero attached hydrogens (tertiary/aromatic N) is 2. The molecule has 1 aliphatic heterocycles. The summed E-state index contributed by atoms with van der Waals surface area (Å²) in [7, 11) is 0. The lowest BCUT2D eigenvalue weighted by Crippen LogP contribution is -2.31. The topological polar surface area (TPSA) is 59.1 Å².